The fourth-order valence-corrected chi connectivity index (χ4v) is 5.89. The third-order valence-corrected chi connectivity index (χ3v) is 7.55. The predicted octanol–water partition coefficient (Wildman–Crippen LogP) is 9.13. The average molecular weight is 432 g/mol. The number of thiophene rings is 1. The van der Waals surface area contributed by atoms with E-state index >= 15 is 0 Å². The van der Waals surface area contributed by atoms with E-state index in [0.717, 1.165) is 30.6 Å². The Kier molecular flexibility index (Phi) is 5.01. The molecule has 2 aliphatic rings. The molecule has 156 valence electrons. The van der Waals surface area contributed by atoms with Gasteiger partial charge in [-0.2, -0.15) is 0 Å². The lowest BCUT2D eigenvalue weighted by Crippen LogP contribution is -2.03. The molecule has 32 heavy (non-hydrogen) atoms. The quantitative estimate of drug-likeness (QED) is 0.340. The van der Waals surface area contributed by atoms with Gasteiger partial charge in [-0.1, -0.05) is 66.8 Å². The lowest BCUT2D eigenvalue weighted by Gasteiger charge is -2.21. The summed E-state index contributed by atoms with van der Waals surface area (Å²) < 4.78 is 2.68. The number of rotatable bonds is 4. The molecule has 0 amide bonds. The molecular formula is C30H25NS. The summed E-state index contributed by atoms with van der Waals surface area (Å²) in [6.07, 6.45) is 19.2. The maximum absolute atomic E-state index is 3.69. The molecule has 1 heterocycles. The van der Waals surface area contributed by atoms with Crippen LogP contribution in [0, 0.1) is 0 Å². The Morgan fingerprint density at radius 2 is 1.66 bits per heavy atom. The van der Waals surface area contributed by atoms with Crippen LogP contribution < -0.4 is 5.32 Å². The van der Waals surface area contributed by atoms with Gasteiger partial charge >= 0.3 is 0 Å². The van der Waals surface area contributed by atoms with Crippen LogP contribution in [-0.2, 0) is 0 Å². The summed E-state index contributed by atoms with van der Waals surface area (Å²) in [7, 11) is 0. The summed E-state index contributed by atoms with van der Waals surface area (Å²) in [5.74, 6) is 0.413. The van der Waals surface area contributed by atoms with Crippen molar-refractivity contribution in [3.8, 4) is 0 Å². The van der Waals surface area contributed by atoms with E-state index in [9.17, 15) is 0 Å². The lowest BCUT2D eigenvalue weighted by molar-refractivity contribution is 0.850. The van der Waals surface area contributed by atoms with Gasteiger partial charge in [0, 0.05) is 37.5 Å². The van der Waals surface area contributed by atoms with Crippen molar-refractivity contribution in [2.75, 3.05) is 5.32 Å². The van der Waals surface area contributed by atoms with Gasteiger partial charge in [0.15, 0.2) is 0 Å². The third kappa shape index (κ3) is 3.61. The van der Waals surface area contributed by atoms with Crippen molar-refractivity contribution in [1.82, 2.24) is 0 Å². The Balaban J connectivity index is 1.39. The van der Waals surface area contributed by atoms with E-state index < -0.39 is 0 Å². The van der Waals surface area contributed by atoms with E-state index in [0.29, 0.717) is 5.92 Å². The Bertz CT molecular complexity index is 1430. The molecule has 0 saturated heterocycles. The molecule has 1 N–H and O–H groups in total. The molecule has 2 heteroatoms. The van der Waals surface area contributed by atoms with Crippen molar-refractivity contribution < 1.29 is 0 Å². The highest BCUT2D eigenvalue weighted by atomic mass is 32.1. The second kappa shape index (κ2) is 8.29. The van der Waals surface area contributed by atoms with Crippen LogP contribution in [0.5, 0.6) is 0 Å². The van der Waals surface area contributed by atoms with Crippen LogP contribution in [-0.4, -0.2) is 0 Å². The van der Waals surface area contributed by atoms with Crippen LogP contribution >= 0.6 is 11.3 Å². The molecular weight excluding hydrogens is 406 g/mol. The Morgan fingerprint density at radius 3 is 2.53 bits per heavy atom. The van der Waals surface area contributed by atoms with Gasteiger partial charge in [-0.05, 0) is 72.4 Å². The summed E-state index contributed by atoms with van der Waals surface area (Å²) in [4.78, 5) is 0. The summed E-state index contributed by atoms with van der Waals surface area (Å²) in [6.45, 7) is 0. The maximum atomic E-state index is 3.69. The lowest BCUT2D eigenvalue weighted by atomic mass is 9.85. The molecule has 0 saturated carbocycles. The van der Waals surface area contributed by atoms with Crippen LogP contribution in [0.25, 0.3) is 25.7 Å². The van der Waals surface area contributed by atoms with Crippen molar-refractivity contribution in [2.45, 2.75) is 25.2 Å². The summed E-state index contributed by atoms with van der Waals surface area (Å²) in [5, 5.41) is 6.35. The van der Waals surface area contributed by atoms with Gasteiger partial charge < -0.3 is 5.32 Å². The minimum Gasteiger partial charge on any atom is -0.355 e. The molecule has 6 rings (SSSR count). The number of benzene rings is 3. The highest BCUT2D eigenvalue weighted by molar-refractivity contribution is 7.25. The molecule has 0 radical (unpaired) electrons. The van der Waals surface area contributed by atoms with Crippen molar-refractivity contribution in [3.63, 3.8) is 0 Å². The Morgan fingerprint density at radius 1 is 0.781 bits per heavy atom. The highest BCUT2D eigenvalue weighted by Crippen LogP contribution is 2.38. The van der Waals surface area contributed by atoms with Gasteiger partial charge in [0.05, 0.1) is 0 Å². The Hall–Kier alpha value is -3.36. The third-order valence-electron chi connectivity index (χ3n) is 6.40. The van der Waals surface area contributed by atoms with Crippen LogP contribution in [0.3, 0.4) is 0 Å². The predicted molar refractivity (Wildman–Crippen MR) is 141 cm³/mol. The monoisotopic (exact) mass is 431 g/mol. The minimum atomic E-state index is 0.413. The zero-order valence-electron chi connectivity index (χ0n) is 17.9. The molecule has 0 bridgehead atoms. The van der Waals surface area contributed by atoms with E-state index in [-0.39, 0.29) is 0 Å². The molecule has 4 aromatic rings. The van der Waals surface area contributed by atoms with Gasteiger partial charge in [-0.3, -0.25) is 0 Å². The second-order valence-electron chi connectivity index (χ2n) is 8.53. The zero-order chi connectivity index (χ0) is 21.3. The minimum absolute atomic E-state index is 0.413. The van der Waals surface area contributed by atoms with Gasteiger partial charge in [0.1, 0.15) is 0 Å². The SMILES string of the molecule is C1=CCC(c2cc(Nc3ccc4sc5ccccc5c4c3)ccc2C2=CCCC=C2)C=C1. The van der Waals surface area contributed by atoms with Gasteiger partial charge in [0.25, 0.3) is 0 Å². The first-order chi connectivity index (χ1) is 15.8. The van der Waals surface area contributed by atoms with Crippen molar-refractivity contribution in [1.29, 1.82) is 0 Å². The van der Waals surface area contributed by atoms with Gasteiger partial charge in [-0.25, -0.2) is 0 Å². The van der Waals surface area contributed by atoms with E-state index in [1.54, 1.807) is 0 Å². The van der Waals surface area contributed by atoms with Crippen molar-refractivity contribution >= 4 is 48.5 Å². The highest BCUT2D eigenvalue weighted by Gasteiger charge is 2.16. The fraction of sp³-hybridized carbons (Fsp3) is 0.133. The first-order valence-electron chi connectivity index (χ1n) is 11.4. The number of nitrogens with one attached hydrogen (secondary N) is 1. The molecule has 2 aliphatic carbocycles. The molecule has 1 nitrogen and oxygen atoms in total. The van der Waals surface area contributed by atoms with Gasteiger partial charge in [0.2, 0.25) is 0 Å². The summed E-state index contributed by atoms with van der Waals surface area (Å²) in [5.41, 5.74) is 6.39. The molecule has 0 fully saturated rings. The first kappa shape index (κ1) is 19.3. The number of hydrogen-bond donors (Lipinski definition) is 1. The van der Waals surface area contributed by atoms with Crippen molar-refractivity contribution in [3.05, 3.63) is 114 Å². The van der Waals surface area contributed by atoms with E-state index in [1.165, 1.54) is 36.9 Å². The number of anilines is 2. The molecule has 0 spiro atoms. The van der Waals surface area contributed by atoms with E-state index in [1.807, 2.05) is 11.3 Å². The molecule has 3 aromatic carbocycles. The Labute approximate surface area is 193 Å². The van der Waals surface area contributed by atoms with Crippen LogP contribution in [0.15, 0.2) is 103 Å². The average Bonchev–Trinajstić information content (AvgIpc) is 3.23. The smallest absolute Gasteiger partial charge is 0.0391 e. The van der Waals surface area contributed by atoms with Crippen LogP contribution in [0.4, 0.5) is 11.4 Å². The normalized spacial score (nSPS) is 17.8. The second-order valence-corrected chi connectivity index (χ2v) is 9.61. The number of hydrogen-bond acceptors (Lipinski definition) is 2. The standard InChI is InChI=1S/C30H25NS/c1-3-9-21(10-4-1)25-17-15-23(19-27(25)22-11-5-2-6-12-22)31-24-16-18-30-28(20-24)26-13-7-8-14-29(26)32-30/h2-3,5-11,13-20,22,31H,1,4,12H2. The van der Waals surface area contributed by atoms with Gasteiger partial charge in [-0.15, -0.1) is 11.3 Å². The first-order valence-corrected chi connectivity index (χ1v) is 12.2. The summed E-state index contributed by atoms with van der Waals surface area (Å²) >= 11 is 1.86. The zero-order valence-corrected chi connectivity index (χ0v) is 18.7. The van der Waals surface area contributed by atoms with Crippen molar-refractivity contribution in [2.24, 2.45) is 0 Å². The van der Waals surface area contributed by atoms with E-state index in [4.69, 9.17) is 0 Å². The van der Waals surface area contributed by atoms with E-state index in [2.05, 4.69) is 109 Å². The topological polar surface area (TPSA) is 12.0 Å². The molecule has 1 atom stereocenters. The molecule has 0 aliphatic heterocycles. The molecule has 1 aromatic heterocycles. The fourth-order valence-electron chi connectivity index (χ4n) is 4.81. The van der Waals surface area contributed by atoms with Crippen LogP contribution in [0.1, 0.15) is 36.3 Å². The maximum Gasteiger partial charge on any atom is 0.0391 e. The summed E-state index contributed by atoms with van der Waals surface area (Å²) in [6, 6.07) is 22.3. The number of allylic oxidation sites excluding steroid dienone is 8. The largest absolute Gasteiger partial charge is 0.355 e. The number of fused-ring (bicyclic) bond motifs is 3. The van der Waals surface area contributed by atoms with Crippen LogP contribution in [0.2, 0.25) is 0 Å². The molecule has 1 unspecified atom stereocenters.